The zero-order chi connectivity index (χ0) is 12.7. The van der Waals surface area contributed by atoms with Crippen LogP contribution < -0.4 is 5.32 Å². The summed E-state index contributed by atoms with van der Waals surface area (Å²) in [6.07, 6.45) is -1.62. The van der Waals surface area contributed by atoms with Crippen molar-refractivity contribution in [3.05, 3.63) is 23.2 Å². The van der Waals surface area contributed by atoms with Gasteiger partial charge < -0.3 is 20.4 Å². The van der Waals surface area contributed by atoms with Crippen molar-refractivity contribution < 1.29 is 25.2 Å². The van der Waals surface area contributed by atoms with Crippen molar-refractivity contribution in [1.29, 1.82) is 0 Å². The molecule has 2 unspecified atom stereocenters. The van der Waals surface area contributed by atoms with Crippen LogP contribution in [0, 0.1) is 0 Å². The minimum absolute atomic E-state index is 0.0243. The Morgan fingerprint density at radius 2 is 2.18 bits per heavy atom. The van der Waals surface area contributed by atoms with E-state index in [0.717, 1.165) is 0 Å². The molecule has 5 N–H and O–H groups in total. The van der Waals surface area contributed by atoms with Gasteiger partial charge >= 0.3 is 5.97 Å². The van der Waals surface area contributed by atoms with Gasteiger partial charge in [0, 0.05) is 13.2 Å². The summed E-state index contributed by atoms with van der Waals surface area (Å²) in [4.78, 5) is 10.9. The van der Waals surface area contributed by atoms with Crippen LogP contribution in [0.3, 0.4) is 0 Å². The summed E-state index contributed by atoms with van der Waals surface area (Å²) in [5.41, 5.74) is -0.330. The summed E-state index contributed by atoms with van der Waals surface area (Å²) in [5, 5.41) is 43.4. The fourth-order valence-electron chi connectivity index (χ4n) is 1.79. The quantitative estimate of drug-likeness (QED) is 0.363. The van der Waals surface area contributed by atoms with E-state index in [1.54, 1.807) is 12.1 Å². The van der Waals surface area contributed by atoms with E-state index in [4.69, 9.17) is 5.11 Å². The predicted molar refractivity (Wildman–Crippen MR) is 55.0 cm³/mol. The molecule has 17 heavy (non-hydrogen) atoms. The average Bonchev–Trinajstić information content (AvgIpc) is 2.27. The molecule has 0 aromatic carbocycles. The van der Waals surface area contributed by atoms with E-state index in [9.17, 15) is 20.1 Å². The molecule has 0 amide bonds. The van der Waals surface area contributed by atoms with Gasteiger partial charge in [0.05, 0.1) is 12.2 Å². The molecule has 0 saturated carbocycles. The average molecular weight is 243 g/mol. The number of aliphatic hydroxyl groups excluding tert-OH is 3. The summed E-state index contributed by atoms with van der Waals surface area (Å²) in [5.74, 6) is -1.90. The number of carboxylic acid groups (broad SMARTS) is 1. The number of aliphatic carboxylic acids is 1. The third-order valence-electron chi connectivity index (χ3n) is 2.71. The number of aliphatic hydroxyl groups is 3. The minimum Gasteiger partial charge on any atom is -0.507 e. The molecule has 2 aliphatic heterocycles. The second-order valence-electron chi connectivity index (χ2n) is 3.83. The zero-order valence-electron chi connectivity index (χ0n) is 9.03. The van der Waals surface area contributed by atoms with Gasteiger partial charge in [0.1, 0.15) is 11.8 Å². The number of hydrogen-bond acceptors (Lipinski definition) is 7. The highest BCUT2D eigenvalue weighted by atomic mass is 16.4. The molecule has 2 rings (SSSR count). The third-order valence-corrected chi connectivity index (χ3v) is 2.71. The van der Waals surface area contributed by atoms with E-state index < -0.39 is 24.1 Å². The molecule has 0 bridgehead atoms. The van der Waals surface area contributed by atoms with Crippen LogP contribution in [0.25, 0.3) is 0 Å². The molecule has 0 aromatic rings. The molecule has 1 fully saturated rings. The van der Waals surface area contributed by atoms with Crippen LogP contribution in [0.1, 0.15) is 0 Å². The van der Waals surface area contributed by atoms with Crippen LogP contribution in [0.4, 0.5) is 0 Å². The summed E-state index contributed by atoms with van der Waals surface area (Å²) in [6.45, 7) is 0.275. The predicted octanol–water partition coefficient (Wildman–Crippen LogP) is -1.87. The van der Waals surface area contributed by atoms with E-state index >= 15 is 0 Å². The van der Waals surface area contributed by atoms with Gasteiger partial charge in [-0.1, -0.05) is 0 Å². The smallest absolute Gasteiger partial charge is 0.336 e. The Hall–Kier alpha value is -1.61. The SMILES string of the molecule is CN1CNC(O)C2=C(O)C(O)C(C(=O)O)=CN21. The molecule has 2 aliphatic rings. The number of nitrogens with one attached hydrogen (secondary N) is 1. The maximum absolute atomic E-state index is 10.9. The van der Waals surface area contributed by atoms with Crippen molar-refractivity contribution in [2.45, 2.75) is 12.3 Å². The first-order valence-corrected chi connectivity index (χ1v) is 4.91. The van der Waals surface area contributed by atoms with Crippen LogP contribution in [-0.2, 0) is 4.79 Å². The van der Waals surface area contributed by atoms with E-state index in [-0.39, 0.29) is 17.9 Å². The Morgan fingerprint density at radius 1 is 1.53 bits per heavy atom. The minimum atomic E-state index is -1.64. The van der Waals surface area contributed by atoms with Crippen molar-refractivity contribution >= 4 is 5.97 Å². The normalized spacial score (nSPS) is 30.1. The third kappa shape index (κ3) is 1.76. The first-order chi connectivity index (χ1) is 7.93. The number of carbonyl (C=O) groups is 1. The van der Waals surface area contributed by atoms with Crippen LogP contribution in [0.2, 0.25) is 0 Å². The Kier molecular flexibility index (Phi) is 2.79. The van der Waals surface area contributed by atoms with Crippen LogP contribution >= 0.6 is 0 Å². The molecule has 2 heterocycles. The Balaban J connectivity index is 2.46. The molecule has 2 atom stereocenters. The Bertz CT molecular complexity index is 419. The van der Waals surface area contributed by atoms with Gasteiger partial charge in [0.25, 0.3) is 0 Å². The lowest BCUT2D eigenvalue weighted by molar-refractivity contribution is -0.134. The highest BCUT2D eigenvalue weighted by Crippen LogP contribution is 2.28. The summed E-state index contributed by atoms with van der Waals surface area (Å²) in [6, 6.07) is 0. The van der Waals surface area contributed by atoms with Gasteiger partial charge in [0.15, 0.2) is 12.0 Å². The maximum atomic E-state index is 10.9. The second kappa shape index (κ2) is 4.00. The number of carboxylic acids is 1. The van der Waals surface area contributed by atoms with Crippen molar-refractivity contribution in [1.82, 2.24) is 15.3 Å². The number of fused-ring (bicyclic) bond motifs is 1. The Labute approximate surface area is 96.6 Å². The Morgan fingerprint density at radius 3 is 2.76 bits per heavy atom. The summed E-state index contributed by atoms with van der Waals surface area (Å²) < 4.78 is 0. The van der Waals surface area contributed by atoms with E-state index in [1.165, 1.54) is 11.2 Å². The van der Waals surface area contributed by atoms with Crippen molar-refractivity contribution in [3.63, 3.8) is 0 Å². The molecule has 8 heteroatoms. The van der Waals surface area contributed by atoms with E-state index in [0.29, 0.717) is 0 Å². The van der Waals surface area contributed by atoms with Crippen molar-refractivity contribution in [2.24, 2.45) is 0 Å². The van der Waals surface area contributed by atoms with Crippen LogP contribution in [0.5, 0.6) is 0 Å². The standard InChI is InChI=1S/C9H13N3O5/c1-11-3-10-8(15)5-7(14)6(13)4(9(16)17)2-12(5)11/h2,6,8,10,13-15H,3H2,1H3,(H,16,17). The fraction of sp³-hybridized carbons (Fsp3) is 0.444. The maximum Gasteiger partial charge on any atom is 0.336 e. The summed E-state index contributed by atoms with van der Waals surface area (Å²) >= 11 is 0. The molecule has 0 spiro atoms. The lowest BCUT2D eigenvalue weighted by Gasteiger charge is -2.43. The van der Waals surface area contributed by atoms with Gasteiger partial charge in [-0.05, 0) is 0 Å². The molecule has 0 aliphatic carbocycles. The monoisotopic (exact) mass is 243 g/mol. The number of nitrogens with zero attached hydrogens (tertiary/aromatic N) is 2. The van der Waals surface area contributed by atoms with Gasteiger partial charge in [-0.2, -0.15) is 0 Å². The molecular weight excluding hydrogens is 230 g/mol. The highest BCUT2D eigenvalue weighted by molar-refractivity contribution is 5.88. The number of rotatable bonds is 1. The topological polar surface area (TPSA) is 116 Å². The van der Waals surface area contributed by atoms with Crippen LogP contribution in [0.15, 0.2) is 23.2 Å². The molecule has 94 valence electrons. The molecule has 1 saturated heterocycles. The van der Waals surface area contributed by atoms with Gasteiger partial charge in [0.2, 0.25) is 0 Å². The van der Waals surface area contributed by atoms with Crippen molar-refractivity contribution in [2.75, 3.05) is 13.7 Å². The lowest BCUT2D eigenvalue weighted by Crippen LogP contribution is -2.57. The van der Waals surface area contributed by atoms with E-state index in [2.05, 4.69) is 5.32 Å². The number of hydrazine groups is 1. The first-order valence-electron chi connectivity index (χ1n) is 4.91. The molecule has 0 radical (unpaired) electrons. The molecular formula is C9H13N3O5. The lowest BCUT2D eigenvalue weighted by atomic mass is 10.0. The largest absolute Gasteiger partial charge is 0.507 e. The molecule has 8 nitrogen and oxygen atoms in total. The fourth-order valence-corrected chi connectivity index (χ4v) is 1.79. The second-order valence-corrected chi connectivity index (χ2v) is 3.83. The zero-order valence-corrected chi connectivity index (χ0v) is 9.03. The highest BCUT2D eigenvalue weighted by Gasteiger charge is 2.38. The van der Waals surface area contributed by atoms with Gasteiger partial charge in [-0.15, -0.1) is 0 Å². The first kappa shape index (κ1) is 11.9. The van der Waals surface area contributed by atoms with E-state index in [1.807, 2.05) is 0 Å². The van der Waals surface area contributed by atoms with Gasteiger partial charge in [-0.3, -0.25) is 10.3 Å². The molecule has 0 aromatic heterocycles. The van der Waals surface area contributed by atoms with Crippen molar-refractivity contribution in [3.8, 4) is 0 Å². The van der Waals surface area contributed by atoms with Gasteiger partial charge in [-0.25, -0.2) is 9.80 Å². The number of hydrogen-bond donors (Lipinski definition) is 5. The van der Waals surface area contributed by atoms with Crippen LogP contribution in [-0.4, -0.2) is 62.5 Å². The summed E-state index contributed by atoms with van der Waals surface area (Å²) in [7, 11) is 1.64.